The molecule has 0 spiro atoms. The van der Waals surface area contributed by atoms with Crippen LogP contribution in [-0.2, 0) is 19.8 Å². The van der Waals surface area contributed by atoms with E-state index in [1.807, 2.05) is 4.89 Å². The SMILES string of the molecule is COCCONS(=O)(=O)NC1CC1. The quantitative estimate of drug-likeness (QED) is 0.424. The van der Waals surface area contributed by atoms with Gasteiger partial charge in [-0.2, -0.15) is 13.1 Å². The minimum atomic E-state index is -3.48. The average molecular weight is 210 g/mol. The third-order valence-corrected chi connectivity index (χ3v) is 2.44. The fourth-order valence-corrected chi connectivity index (χ4v) is 1.65. The molecule has 2 N–H and O–H groups in total. The Hall–Kier alpha value is -0.210. The third kappa shape index (κ3) is 5.17. The van der Waals surface area contributed by atoms with Crippen molar-refractivity contribution >= 4 is 10.2 Å². The van der Waals surface area contributed by atoms with E-state index in [-0.39, 0.29) is 12.6 Å². The zero-order valence-corrected chi connectivity index (χ0v) is 8.26. The van der Waals surface area contributed by atoms with Gasteiger partial charge in [-0.1, -0.05) is 4.89 Å². The Morgan fingerprint density at radius 3 is 2.62 bits per heavy atom. The van der Waals surface area contributed by atoms with Gasteiger partial charge in [-0.3, -0.25) is 4.84 Å². The molecule has 0 aliphatic heterocycles. The van der Waals surface area contributed by atoms with E-state index in [1.54, 1.807) is 0 Å². The zero-order chi connectivity index (χ0) is 9.73. The lowest BCUT2D eigenvalue weighted by Gasteiger charge is -2.06. The molecule has 0 unspecified atom stereocenters. The second-order valence-corrected chi connectivity index (χ2v) is 4.23. The summed E-state index contributed by atoms with van der Waals surface area (Å²) in [5.41, 5.74) is 0. The lowest BCUT2D eigenvalue weighted by atomic mass is 10.8. The van der Waals surface area contributed by atoms with Crippen molar-refractivity contribution in [1.29, 1.82) is 0 Å². The maximum atomic E-state index is 11.1. The fraction of sp³-hybridized carbons (Fsp3) is 1.00. The van der Waals surface area contributed by atoms with E-state index in [0.29, 0.717) is 6.61 Å². The van der Waals surface area contributed by atoms with Crippen molar-refractivity contribution in [2.75, 3.05) is 20.3 Å². The second kappa shape index (κ2) is 4.87. The fourth-order valence-electron chi connectivity index (χ4n) is 0.689. The molecule has 1 aliphatic rings. The van der Waals surface area contributed by atoms with Gasteiger partial charge in [0, 0.05) is 13.2 Å². The Morgan fingerprint density at radius 1 is 1.38 bits per heavy atom. The summed E-state index contributed by atoms with van der Waals surface area (Å²) < 4.78 is 29.2. The van der Waals surface area contributed by atoms with Crippen LogP contribution in [0.15, 0.2) is 0 Å². The highest BCUT2D eigenvalue weighted by atomic mass is 32.2. The molecule has 0 atom stereocenters. The molecule has 0 aromatic rings. The maximum absolute atomic E-state index is 11.1. The molecule has 6 nitrogen and oxygen atoms in total. The standard InChI is InChI=1S/C6H14N2O4S/c1-11-4-5-12-8-13(9,10)7-6-2-3-6/h6-8H,2-5H2,1H3. The maximum Gasteiger partial charge on any atom is 0.299 e. The van der Waals surface area contributed by atoms with Gasteiger partial charge in [-0.15, -0.1) is 0 Å². The summed E-state index contributed by atoms with van der Waals surface area (Å²) in [6.07, 6.45) is 1.80. The summed E-state index contributed by atoms with van der Waals surface area (Å²) in [7, 11) is -1.96. The summed E-state index contributed by atoms with van der Waals surface area (Å²) in [6.45, 7) is 0.550. The topological polar surface area (TPSA) is 76.7 Å². The molecule has 7 heteroatoms. The molecule has 0 aromatic heterocycles. The van der Waals surface area contributed by atoms with Gasteiger partial charge in [0.25, 0.3) is 10.2 Å². The van der Waals surface area contributed by atoms with E-state index in [4.69, 9.17) is 0 Å². The normalized spacial score (nSPS) is 17.6. The monoisotopic (exact) mass is 210 g/mol. The van der Waals surface area contributed by atoms with Crippen LogP contribution < -0.4 is 9.61 Å². The van der Waals surface area contributed by atoms with E-state index in [1.165, 1.54) is 7.11 Å². The Bertz CT molecular complexity index is 237. The van der Waals surface area contributed by atoms with Crippen molar-refractivity contribution in [2.24, 2.45) is 0 Å². The van der Waals surface area contributed by atoms with Crippen LogP contribution in [0.3, 0.4) is 0 Å². The van der Waals surface area contributed by atoms with Crippen molar-refractivity contribution in [1.82, 2.24) is 9.61 Å². The summed E-state index contributed by atoms with van der Waals surface area (Å²) in [5, 5.41) is 0. The smallest absolute Gasteiger partial charge is 0.299 e. The van der Waals surface area contributed by atoms with E-state index >= 15 is 0 Å². The minimum Gasteiger partial charge on any atom is -0.382 e. The third-order valence-electron chi connectivity index (χ3n) is 1.46. The van der Waals surface area contributed by atoms with Crippen molar-refractivity contribution in [3.05, 3.63) is 0 Å². The van der Waals surface area contributed by atoms with Gasteiger partial charge in [-0.25, -0.2) is 0 Å². The van der Waals surface area contributed by atoms with E-state index in [0.717, 1.165) is 12.8 Å². The number of nitrogens with one attached hydrogen (secondary N) is 2. The van der Waals surface area contributed by atoms with E-state index < -0.39 is 10.2 Å². The molecule has 1 fully saturated rings. The summed E-state index contributed by atoms with van der Waals surface area (Å²) >= 11 is 0. The van der Waals surface area contributed by atoms with Crippen LogP contribution in [0.5, 0.6) is 0 Å². The van der Waals surface area contributed by atoms with Gasteiger partial charge in [0.05, 0.1) is 13.2 Å². The molecule has 1 saturated carbocycles. The van der Waals surface area contributed by atoms with Crippen molar-refractivity contribution in [3.63, 3.8) is 0 Å². The number of rotatable bonds is 7. The summed E-state index contributed by atoms with van der Waals surface area (Å²) in [5.74, 6) is 0. The largest absolute Gasteiger partial charge is 0.382 e. The number of methoxy groups -OCH3 is 1. The minimum absolute atomic E-state index is 0.0866. The molecule has 1 rings (SSSR count). The predicted molar refractivity (Wildman–Crippen MR) is 46.0 cm³/mol. The van der Waals surface area contributed by atoms with Crippen LogP contribution in [0.4, 0.5) is 0 Å². The van der Waals surface area contributed by atoms with Crippen molar-refractivity contribution in [3.8, 4) is 0 Å². The summed E-state index contributed by atoms with van der Waals surface area (Å²) in [4.78, 5) is 6.59. The van der Waals surface area contributed by atoms with Gasteiger partial charge >= 0.3 is 0 Å². The van der Waals surface area contributed by atoms with Gasteiger partial charge in [-0.05, 0) is 12.8 Å². The first kappa shape index (κ1) is 10.9. The second-order valence-electron chi connectivity index (χ2n) is 2.82. The molecule has 78 valence electrons. The van der Waals surface area contributed by atoms with E-state index in [9.17, 15) is 8.42 Å². The first-order valence-electron chi connectivity index (χ1n) is 4.04. The Balaban J connectivity index is 2.10. The van der Waals surface area contributed by atoms with Crippen LogP contribution >= 0.6 is 0 Å². The van der Waals surface area contributed by atoms with Crippen molar-refractivity contribution in [2.45, 2.75) is 18.9 Å². The molecule has 13 heavy (non-hydrogen) atoms. The van der Waals surface area contributed by atoms with Gasteiger partial charge in [0.2, 0.25) is 0 Å². The van der Waals surface area contributed by atoms with Crippen LogP contribution in [-0.4, -0.2) is 34.8 Å². The molecule has 0 bridgehead atoms. The average Bonchev–Trinajstić information content (AvgIpc) is 2.81. The highest BCUT2D eigenvalue weighted by Crippen LogP contribution is 2.19. The molecule has 1 aliphatic carbocycles. The predicted octanol–water partition coefficient (Wildman–Crippen LogP) is -0.849. The Kier molecular flexibility index (Phi) is 4.07. The molecular formula is C6H14N2O4S. The number of hydrogen-bond acceptors (Lipinski definition) is 4. The Labute approximate surface area is 77.7 Å². The highest BCUT2D eigenvalue weighted by Gasteiger charge is 2.26. The molecular weight excluding hydrogens is 196 g/mol. The summed E-state index contributed by atoms with van der Waals surface area (Å²) in [6, 6.07) is 0.0866. The number of hydrogen-bond donors (Lipinski definition) is 2. The Morgan fingerprint density at radius 2 is 2.08 bits per heavy atom. The van der Waals surface area contributed by atoms with Crippen molar-refractivity contribution < 1.29 is 18.0 Å². The van der Waals surface area contributed by atoms with Gasteiger partial charge in [0.15, 0.2) is 0 Å². The molecule has 0 amide bonds. The lowest BCUT2D eigenvalue weighted by molar-refractivity contribution is 0.0432. The zero-order valence-electron chi connectivity index (χ0n) is 7.45. The van der Waals surface area contributed by atoms with Crippen LogP contribution in [0.1, 0.15) is 12.8 Å². The first-order chi connectivity index (χ1) is 6.14. The van der Waals surface area contributed by atoms with Crippen LogP contribution in [0, 0.1) is 0 Å². The molecule has 0 heterocycles. The first-order valence-corrected chi connectivity index (χ1v) is 5.52. The molecule has 0 radical (unpaired) electrons. The van der Waals surface area contributed by atoms with Gasteiger partial charge in [0.1, 0.15) is 0 Å². The van der Waals surface area contributed by atoms with Gasteiger partial charge < -0.3 is 4.74 Å². The lowest BCUT2D eigenvalue weighted by Crippen LogP contribution is -2.38. The van der Waals surface area contributed by atoms with E-state index in [2.05, 4.69) is 14.3 Å². The number of ether oxygens (including phenoxy) is 1. The molecule has 0 saturated heterocycles. The van der Waals surface area contributed by atoms with Crippen LogP contribution in [0.25, 0.3) is 0 Å². The van der Waals surface area contributed by atoms with Crippen LogP contribution in [0.2, 0.25) is 0 Å². The molecule has 0 aromatic carbocycles. The highest BCUT2D eigenvalue weighted by molar-refractivity contribution is 7.87.